The van der Waals surface area contributed by atoms with Crippen LogP contribution in [-0.4, -0.2) is 58.4 Å². The summed E-state index contributed by atoms with van der Waals surface area (Å²) in [5, 5.41) is 10.7. The van der Waals surface area contributed by atoms with Crippen LogP contribution in [0.1, 0.15) is 53.4 Å². The fourth-order valence-corrected chi connectivity index (χ4v) is 4.44. The molecule has 5 atom stereocenters. The third-order valence-corrected chi connectivity index (χ3v) is 6.53. The van der Waals surface area contributed by atoms with E-state index < -0.39 is 11.1 Å². The average molecular weight is 351 g/mol. The first-order valence-electron chi connectivity index (χ1n) is 9.21. The van der Waals surface area contributed by atoms with Gasteiger partial charge in [-0.05, 0) is 46.0 Å². The summed E-state index contributed by atoms with van der Waals surface area (Å²) in [7, 11) is 0. The van der Waals surface area contributed by atoms with Crippen molar-refractivity contribution in [2.45, 2.75) is 76.7 Å². The van der Waals surface area contributed by atoms with Crippen molar-refractivity contribution in [3.8, 4) is 0 Å². The lowest BCUT2D eigenvalue weighted by Crippen LogP contribution is -2.54. The normalized spacial score (nSPS) is 44.7. The second-order valence-electron chi connectivity index (χ2n) is 8.12. The molecule has 0 aromatic rings. The van der Waals surface area contributed by atoms with Crippen LogP contribution in [0.2, 0.25) is 0 Å². The lowest BCUT2D eigenvalue weighted by Gasteiger charge is -2.39. The maximum atomic E-state index is 12.7. The molecule has 3 saturated heterocycles. The molecule has 6 heteroatoms. The van der Waals surface area contributed by atoms with E-state index in [2.05, 4.69) is 4.90 Å². The van der Waals surface area contributed by atoms with Gasteiger partial charge in [0.05, 0.1) is 17.6 Å². The number of hydrogen-bond acceptors (Lipinski definition) is 6. The molecular weight excluding hydrogens is 322 g/mol. The van der Waals surface area contributed by atoms with Gasteiger partial charge in [0.15, 0.2) is 0 Å². The Morgan fingerprint density at radius 3 is 2.36 bits per heavy atom. The van der Waals surface area contributed by atoms with Crippen LogP contribution in [0.3, 0.4) is 0 Å². The highest BCUT2D eigenvalue weighted by atomic mass is 16.6. The molecule has 0 aromatic heterocycles. The van der Waals surface area contributed by atoms with Crippen molar-refractivity contribution in [2.24, 2.45) is 5.92 Å². The Balaban J connectivity index is 1.95. The minimum Gasteiger partial charge on any atom is -0.460 e. The molecule has 1 N–H and O–H groups in total. The Bertz CT molecular complexity index is 599. The van der Waals surface area contributed by atoms with Gasteiger partial charge in [0.1, 0.15) is 12.2 Å². The summed E-state index contributed by atoms with van der Waals surface area (Å²) in [6, 6.07) is 0. The number of rotatable bonds is 0. The monoisotopic (exact) mass is 351 g/mol. The second-order valence-corrected chi connectivity index (χ2v) is 8.12. The van der Waals surface area contributed by atoms with Gasteiger partial charge in [-0.3, -0.25) is 9.69 Å². The van der Waals surface area contributed by atoms with Crippen LogP contribution >= 0.6 is 0 Å². The van der Waals surface area contributed by atoms with Crippen molar-refractivity contribution >= 4 is 11.9 Å². The average Bonchev–Trinajstić information content (AvgIpc) is 3.00. The number of carbonyl (C=O) groups is 2. The first kappa shape index (κ1) is 18.4. The van der Waals surface area contributed by atoms with Gasteiger partial charge in [0.25, 0.3) is 0 Å². The molecule has 3 fully saturated rings. The smallest absolute Gasteiger partial charge is 0.334 e. The van der Waals surface area contributed by atoms with Crippen molar-refractivity contribution in [2.75, 3.05) is 13.1 Å². The molecule has 0 bridgehead atoms. The van der Waals surface area contributed by atoms with Crippen LogP contribution in [-0.2, 0) is 19.1 Å². The van der Waals surface area contributed by atoms with E-state index in [-0.39, 0.29) is 36.5 Å². The number of carbonyl (C=O) groups excluding carboxylic acids is 2. The summed E-state index contributed by atoms with van der Waals surface area (Å²) in [5.74, 6) is -0.978. The summed E-state index contributed by atoms with van der Waals surface area (Å²) in [6.07, 6.45) is 2.92. The number of ether oxygens (including phenoxy) is 2. The molecular formula is C19H29NO5. The number of hydrogen-bond donors (Lipinski definition) is 1. The third kappa shape index (κ3) is 3.10. The summed E-state index contributed by atoms with van der Waals surface area (Å²) in [5.41, 5.74) is -1.17. The van der Waals surface area contributed by atoms with Crippen molar-refractivity contribution in [1.82, 2.24) is 4.90 Å². The van der Waals surface area contributed by atoms with Gasteiger partial charge in [-0.15, -0.1) is 0 Å². The van der Waals surface area contributed by atoms with Crippen LogP contribution < -0.4 is 0 Å². The highest BCUT2D eigenvalue weighted by Crippen LogP contribution is 2.43. The van der Waals surface area contributed by atoms with E-state index in [1.807, 2.05) is 13.8 Å². The van der Waals surface area contributed by atoms with E-state index in [1.165, 1.54) is 0 Å². The Morgan fingerprint density at radius 1 is 1.16 bits per heavy atom. The molecule has 0 radical (unpaired) electrons. The SMILES string of the molecule is C/C=C1\C[C@@H](C)[C@@](C)(O)CC(=O)O[C@H]2CCN3CC[C@@H](OC1=O)[C@@]23C. The van der Waals surface area contributed by atoms with Gasteiger partial charge in [-0.1, -0.05) is 13.0 Å². The van der Waals surface area contributed by atoms with Crippen molar-refractivity contribution < 1.29 is 24.2 Å². The minimum atomic E-state index is -1.24. The zero-order chi connectivity index (χ0) is 18.4. The number of esters is 2. The Kier molecular flexibility index (Phi) is 4.71. The predicted molar refractivity (Wildman–Crippen MR) is 91.8 cm³/mol. The lowest BCUT2D eigenvalue weighted by molar-refractivity contribution is -0.167. The summed E-state index contributed by atoms with van der Waals surface area (Å²) in [6.45, 7) is 8.95. The standard InChI is InChI=1S/C19H29NO5/c1-5-13-10-12(2)18(3,23)11-16(21)24-14-6-8-20-9-7-15(19(14,20)4)25-17(13)22/h5,12,14-15,23H,6-11H2,1-4H3/b13-5+/t12-,14+,15-,18+,19-/m1/s1. The van der Waals surface area contributed by atoms with Gasteiger partial charge in [0.2, 0.25) is 0 Å². The van der Waals surface area contributed by atoms with Crippen molar-refractivity contribution in [3.05, 3.63) is 11.6 Å². The summed E-state index contributed by atoms with van der Waals surface area (Å²) >= 11 is 0. The molecule has 0 aliphatic carbocycles. The van der Waals surface area contributed by atoms with Gasteiger partial charge >= 0.3 is 11.9 Å². The Labute approximate surface area is 149 Å². The zero-order valence-corrected chi connectivity index (χ0v) is 15.6. The highest BCUT2D eigenvalue weighted by molar-refractivity contribution is 5.88. The first-order valence-corrected chi connectivity index (χ1v) is 9.21. The predicted octanol–water partition coefficient (Wildman–Crippen LogP) is 1.81. The van der Waals surface area contributed by atoms with E-state index in [9.17, 15) is 14.7 Å². The maximum Gasteiger partial charge on any atom is 0.334 e. The molecule has 0 amide bonds. The zero-order valence-electron chi connectivity index (χ0n) is 15.6. The Hall–Kier alpha value is -1.40. The van der Waals surface area contributed by atoms with Crippen molar-refractivity contribution in [1.29, 1.82) is 0 Å². The molecule has 6 nitrogen and oxygen atoms in total. The molecule has 25 heavy (non-hydrogen) atoms. The van der Waals surface area contributed by atoms with Gasteiger partial charge in [0, 0.05) is 18.7 Å². The largest absolute Gasteiger partial charge is 0.460 e. The topological polar surface area (TPSA) is 76.1 Å². The van der Waals surface area contributed by atoms with Crippen LogP contribution in [0.5, 0.6) is 0 Å². The number of aliphatic hydroxyl groups is 1. The van der Waals surface area contributed by atoms with E-state index in [1.54, 1.807) is 19.9 Å². The molecule has 0 aromatic carbocycles. The van der Waals surface area contributed by atoms with E-state index >= 15 is 0 Å². The minimum absolute atomic E-state index is 0.0720. The molecule has 0 unspecified atom stereocenters. The van der Waals surface area contributed by atoms with Gasteiger partial charge < -0.3 is 14.6 Å². The van der Waals surface area contributed by atoms with E-state index in [4.69, 9.17) is 9.47 Å². The molecule has 3 rings (SSSR count). The first-order chi connectivity index (χ1) is 11.7. The fourth-order valence-electron chi connectivity index (χ4n) is 4.44. The molecule has 0 saturated carbocycles. The lowest BCUT2D eigenvalue weighted by atomic mass is 9.82. The van der Waals surface area contributed by atoms with Gasteiger partial charge in [-0.25, -0.2) is 4.79 Å². The molecule has 3 heterocycles. The second kappa shape index (κ2) is 6.40. The highest BCUT2D eigenvalue weighted by Gasteiger charge is 2.58. The number of nitrogens with zero attached hydrogens (tertiary/aromatic N) is 1. The van der Waals surface area contributed by atoms with E-state index in [0.29, 0.717) is 12.0 Å². The number of allylic oxidation sites excluding steroid dienone is 1. The third-order valence-electron chi connectivity index (χ3n) is 6.53. The molecule has 3 aliphatic rings. The molecule has 3 aliphatic heterocycles. The quantitative estimate of drug-likeness (QED) is 0.530. The summed E-state index contributed by atoms with van der Waals surface area (Å²) in [4.78, 5) is 27.4. The summed E-state index contributed by atoms with van der Waals surface area (Å²) < 4.78 is 11.6. The maximum absolute atomic E-state index is 12.7. The van der Waals surface area contributed by atoms with Crippen LogP contribution in [0.15, 0.2) is 11.6 Å². The van der Waals surface area contributed by atoms with Crippen LogP contribution in [0.25, 0.3) is 0 Å². The van der Waals surface area contributed by atoms with Gasteiger partial charge in [-0.2, -0.15) is 0 Å². The van der Waals surface area contributed by atoms with Crippen LogP contribution in [0, 0.1) is 5.92 Å². The van der Waals surface area contributed by atoms with Crippen LogP contribution in [0.4, 0.5) is 0 Å². The fraction of sp³-hybridized carbons (Fsp3) is 0.789. The molecule has 0 spiro atoms. The van der Waals surface area contributed by atoms with E-state index in [0.717, 1.165) is 25.9 Å². The Morgan fingerprint density at radius 2 is 1.76 bits per heavy atom. The molecule has 140 valence electrons. The van der Waals surface area contributed by atoms with Crippen molar-refractivity contribution in [3.63, 3.8) is 0 Å².